The summed E-state index contributed by atoms with van der Waals surface area (Å²) in [6.45, 7) is 0.835. The molecule has 1 aromatic rings. The minimum Gasteiger partial charge on any atom is -0.504 e. The number of hydrogen-bond acceptors (Lipinski definition) is 10. The maximum absolute atomic E-state index is 12.0. The Morgan fingerprint density at radius 3 is 2.44 bits per heavy atom. The van der Waals surface area contributed by atoms with Gasteiger partial charge in [-0.1, -0.05) is 0 Å². The first-order valence-electron chi connectivity index (χ1n) is 7.89. The van der Waals surface area contributed by atoms with E-state index in [1.54, 1.807) is 0 Å². The molecule has 0 saturated heterocycles. The molecule has 1 heterocycles. The van der Waals surface area contributed by atoms with E-state index < -0.39 is 58.2 Å². The van der Waals surface area contributed by atoms with Crippen molar-refractivity contribution in [2.45, 2.75) is 25.7 Å². The fourth-order valence-corrected chi connectivity index (χ4v) is 2.24. The molecule has 10 nitrogen and oxygen atoms in total. The lowest BCUT2D eigenvalue weighted by molar-refractivity contribution is -0.132. The van der Waals surface area contributed by atoms with E-state index in [-0.39, 0.29) is 19.6 Å². The third-order valence-corrected chi connectivity index (χ3v) is 3.53. The van der Waals surface area contributed by atoms with E-state index in [2.05, 4.69) is 0 Å². The Labute approximate surface area is 152 Å². The van der Waals surface area contributed by atoms with Crippen molar-refractivity contribution in [3.05, 3.63) is 40.0 Å². The Bertz CT molecular complexity index is 848. The van der Waals surface area contributed by atoms with Gasteiger partial charge in [0.05, 0.1) is 24.4 Å². The lowest BCUT2D eigenvalue weighted by Gasteiger charge is -2.20. The van der Waals surface area contributed by atoms with Crippen LogP contribution in [0.5, 0.6) is 11.7 Å². The first-order chi connectivity index (χ1) is 12.8. The van der Waals surface area contributed by atoms with Gasteiger partial charge >= 0.3 is 0 Å². The van der Waals surface area contributed by atoms with E-state index in [0.717, 1.165) is 12.1 Å². The second kappa shape index (κ2) is 8.62. The predicted octanol–water partition coefficient (Wildman–Crippen LogP) is -0.193. The Morgan fingerprint density at radius 1 is 1.11 bits per heavy atom. The number of carbonyl (C=O) groups is 2. The summed E-state index contributed by atoms with van der Waals surface area (Å²) in [5.74, 6) is -4.45. The van der Waals surface area contributed by atoms with E-state index in [1.807, 2.05) is 0 Å². The van der Waals surface area contributed by atoms with Crippen LogP contribution in [-0.4, -0.2) is 57.6 Å². The van der Waals surface area contributed by atoms with Crippen molar-refractivity contribution in [2.75, 3.05) is 13.2 Å². The van der Waals surface area contributed by atoms with Gasteiger partial charge in [0.1, 0.15) is 0 Å². The molecule has 0 aromatic carbocycles. The summed E-state index contributed by atoms with van der Waals surface area (Å²) in [5.41, 5.74) is -1.37. The third-order valence-electron chi connectivity index (χ3n) is 3.53. The van der Waals surface area contributed by atoms with Crippen LogP contribution >= 0.6 is 0 Å². The highest BCUT2D eigenvalue weighted by atomic mass is 16.7. The average Bonchev–Trinajstić information content (AvgIpc) is 2.60. The highest BCUT2D eigenvalue weighted by molar-refractivity contribution is 6.34. The summed E-state index contributed by atoms with van der Waals surface area (Å²) < 4.78 is 15.8. The molecule has 2 unspecified atom stereocenters. The van der Waals surface area contributed by atoms with Crippen LogP contribution in [0, 0.1) is 0 Å². The Morgan fingerprint density at radius 2 is 1.81 bits per heavy atom. The van der Waals surface area contributed by atoms with Gasteiger partial charge in [-0.15, -0.1) is 0 Å². The Balaban J connectivity index is 2.29. The van der Waals surface area contributed by atoms with Crippen molar-refractivity contribution in [1.82, 2.24) is 0 Å². The van der Waals surface area contributed by atoms with Crippen LogP contribution in [0.2, 0.25) is 0 Å². The molecule has 10 heteroatoms. The molecule has 4 N–H and O–H groups in total. The van der Waals surface area contributed by atoms with Gasteiger partial charge in [0.2, 0.25) is 23.3 Å². The molecular formula is C17H18O10. The smallest absolute Gasteiger partial charge is 0.291 e. The second-order valence-electron chi connectivity index (χ2n) is 5.56. The van der Waals surface area contributed by atoms with E-state index in [0.29, 0.717) is 6.08 Å². The Kier molecular flexibility index (Phi) is 6.50. The quantitative estimate of drug-likeness (QED) is 0.350. The van der Waals surface area contributed by atoms with Crippen molar-refractivity contribution >= 4 is 17.1 Å². The van der Waals surface area contributed by atoms with Gasteiger partial charge < -0.3 is 34.3 Å². The van der Waals surface area contributed by atoms with Gasteiger partial charge in [-0.25, -0.2) is 0 Å². The lowest BCUT2D eigenvalue weighted by Crippen LogP contribution is -2.28. The van der Waals surface area contributed by atoms with Gasteiger partial charge in [0.25, 0.3) is 5.95 Å². The van der Waals surface area contributed by atoms with Crippen LogP contribution in [-0.2, 0) is 14.3 Å². The van der Waals surface area contributed by atoms with Gasteiger partial charge in [-0.2, -0.15) is 0 Å². The van der Waals surface area contributed by atoms with E-state index in [1.165, 1.54) is 6.92 Å². The molecular weight excluding hydrogens is 364 g/mol. The molecule has 1 aliphatic rings. The van der Waals surface area contributed by atoms with Crippen LogP contribution in [0.25, 0.3) is 5.57 Å². The SMILES string of the molecule is CC(Oc1cc(=O)c(O)c(C2=CC(=O)C(O)=CC2=O)o1)OC(CO)CCO. The standard InChI is InChI=1S/C17H18O10/c1-8(25-9(7-19)2-3-18)26-15-6-14(23)16(24)17(27-15)10-4-12(21)13(22)5-11(10)20/h4-6,8-9,18-19,22,24H,2-3,7H2,1H3. The summed E-state index contributed by atoms with van der Waals surface area (Å²) in [7, 11) is 0. The molecule has 0 amide bonds. The monoisotopic (exact) mass is 382 g/mol. The first kappa shape index (κ1) is 20.4. The van der Waals surface area contributed by atoms with Crippen LogP contribution in [0.15, 0.2) is 33.2 Å². The minimum atomic E-state index is -1.02. The number of ether oxygens (including phenoxy) is 2. The van der Waals surface area contributed by atoms with Crippen molar-refractivity contribution < 1.29 is 43.9 Å². The molecule has 1 aromatic heterocycles. The largest absolute Gasteiger partial charge is 0.504 e. The topological polar surface area (TPSA) is 164 Å². The van der Waals surface area contributed by atoms with E-state index in [9.17, 15) is 24.6 Å². The van der Waals surface area contributed by atoms with E-state index >= 15 is 0 Å². The fraction of sp³-hybridized carbons (Fsp3) is 0.353. The number of hydrogen-bond donors (Lipinski definition) is 4. The number of aromatic hydroxyl groups is 1. The van der Waals surface area contributed by atoms with Crippen molar-refractivity contribution in [3.8, 4) is 11.7 Å². The molecule has 0 spiro atoms. The molecule has 0 aliphatic heterocycles. The average molecular weight is 382 g/mol. The zero-order valence-corrected chi connectivity index (χ0v) is 14.2. The summed E-state index contributed by atoms with van der Waals surface area (Å²) in [4.78, 5) is 35.4. The molecule has 1 aliphatic carbocycles. The highest BCUT2D eigenvalue weighted by Gasteiger charge is 2.27. The minimum absolute atomic E-state index is 0.147. The normalized spacial score (nSPS) is 16.6. The summed E-state index contributed by atoms with van der Waals surface area (Å²) in [6.07, 6.45) is -0.231. The van der Waals surface area contributed by atoms with Crippen molar-refractivity contribution in [1.29, 1.82) is 0 Å². The third kappa shape index (κ3) is 4.82. The molecule has 27 heavy (non-hydrogen) atoms. The number of aliphatic hydroxyl groups is 3. The van der Waals surface area contributed by atoms with Crippen LogP contribution in [0.4, 0.5) is 0 Å². The predicted molar refractivity (Wildman–Crippen MR) is 89.1 cm³/mol. The van der Waals surface area contributed by atoms with Crippen LogP contribution < -0.4 is 10.2 Å². The van der Waals surface area contributed by atoms with Crippen molar-refractivity contribution in [3.63, 3.8) is 0 Å². The van der Waals surface area contributed by atoms with Gasteiger partial charge in [0, 0.05) is 18.8 Å². The van der Waals surface area contributed by atoms with Crippen LogP contribution in [0.1, 0.15) is 19.1 Å². The molecule has 146 valence electrons. The van der Waals surface area contributed by atoms with Gasteiger partial charge in [-0.3, -0.25) is 14.4 Å². The molecule has 0 bridgehead atoms. The van der Waals surface area contributed by atoms with Gasteiger partial charge in [0.15, 0.2) is 17.3 Å². The molecule has 0 fully saturated rings. The number of allylic oxidation sites excluding steroid dienone is 3. The number of rotatable bonds is 8. The number of ketones is 2. The molecule has 2 atom stereocenters. The highest BCUT2D eigenvalue weighted by Crippen LogP contribution is 2.29. The lowest BCUT2D eigenvalue weighted by atomic mass is 9.99. The zero-order valence-electron chi connectivity index (χ0n) is 14.2. The summed E-state index contributed by atoms with van der Waals surface area (Å²) in [6, 6.07) is 0.807. The maximum atomic E-state index is 12.0. The first-order valence-corrected chi connectivity index (χ1v) is 7.89. The zero-order chi connectivity index (χ0) is 20.1. The molecule has 0 radical (unpaired) electrons. The van der Waals surface area contributed by atoms with Crippen molar-refractivity contribution in [2.24, 2.45) is 0 Å². The molecule has 0 saturated carbocycles. The maximum Gasteiger partial charge on any atom is 0.291 e. The van der Waals surface area contributed by atoms with Crippen LogP contribution in [0.3, 0.4) is 0 Å². The molecule has 2 rings (SSSR count). The number of aliphatic hydroxyl groups excluding tert-OH is 3. The summed E-state index contributed by atoms with van der Waals surface area (Å²) >= 11 is 0. The second-order valence-corrected chi connectivity index (χ2v) is 5.56. The number of carbonyl (C=O) groups excluding carboxylic acids is 2. The van der Waals surface area contributed by atoms with Gasteiger partial charge in [-0.05, 0) is 13.3 Å². The van der Waals surface area contributed by atoms with E-state index in [4.69, 9.17) is 24.1 Å². The Hall–Kier alpha value is -2.95. The summed E-state index contributed by atoms with van der Waals surface area (Å²) in [5, 5.41) is 37.2. The fourth-order valence-electron chi connectivity index (χ4n) is 2.24.